The first-order chi connectivity index (χ1) is 9.41. The van der Waals surface area contributed by atoms with E-state index in [1.54, 1.807) is 0 Å². The molecule has 0 aromatic rings. The lowest BCUT2D eigenvalue weighted by Gasteiger charge is -2.04. The first-order valence-corrected chi connectivity index (χ1v) is 7.57. The fourth-order valence-electron chi connectivity index (χ4n) is 1.92. The highest BCUT2D eigenvalue weighted by molar-refractivity contribution is 4.70. The number of hydrogen-bond donors (Lipinski definition) is 2. The van der Waals surface area contributed by atoms with Crippen molar-refractivity contribution in [1.29, 1.82) is 10.5 Å². The number of nitrogens with zero attached hydrogens (tertiary/aromatic N) is 2. The highest BCUT2D eigenvalue weighted by Crippen LogP contribution is 2.06. The molecule has 4 nitrogen and oxygen atoms in total. The van der Waals surface area contributed by atoms with Crippen molar-refractivity contribution in [3.63, 3.8) is 0 Å². The highest BCUT2D eigenvalue weighted by atomic mass is 14.8. The van der Waals surface area contributed by atoms with Crippen molar-refractivity contribution in [2.24, 2.45) is 0 Å². The van der Waals surface area contributed by atoms with E-state index in [0.29, 0.717) is 12.8 Å². The summed E-state index contributed by atoms with van der Waals surface area (Å²) >= 11 is 0. The van der Waals surface area contributed by atoms with Crippen LogP contribution < -0.4 is 10.6 Å². The number of nitrogens with one attached hydrogen (secondary N) is 2. The Hall–Kier alpha value is -1.10. The summed E-state index contributed by atoms with van der Waals surface area (Å²) in [7, 11) is 0. The topological polar surface area (TPSA) is 71.6 Å². The zero-order valence-corrected chi connectivity index (χ0v) is 12.1. The molecular formula is C15H28N4. The number of rotatable bonds is 14. The van der Waals surface area contributed by atoms with Crippen LogP contribution in [0.15, 0.2) is 0 Å². The third kappa shape index (κ3) is 16.9. The average Bonchev–Trinajstić information content (AvgIpc) is 2.43. The van der Waals surface area contributed by atoms with E-state index in [-0.39, 0.29) is 0 Å². The minimum Gasteiger partial charge on any atom is -0.316 e. The molecule has 4 heteroatoms. The van der Waals surface area contributed by atoms with E-state index in [9.17, 15) is 0 Å². The van der Waals surface area contributed by atoms with Crippen LogP contribution in [0.2, 0.25) is 0 Å². The normalized spacial score (nSPS) is 10.0. The Morgan fingerprint density at radius 2 is 0.895 bits per heavy atom. The molecule has 0 radical (unpaired) electrons. The van der Waals surface area contributed by atoms with Crippen LogP contribution in [0.5, 0.6) is 0 Å². The Bertz CT molecular complexity index is 226. The summed E-state index contributed by atoms with van der Waals surface area (Å²) in [4.78, 5) is 0. The van der Waals surface area contributed by atoms with Gasteiger partial charge in [0.25, 0.3) is 0 Å². The van der Waals surface area contributed by atoms with Gasteiger partial charge in [-0.1, -0.05) is 32.1 Å². The van der Waals surface area contributed by atoms with Gasteiger partial charge >= 0.3 is 0 Å². The third-order valence-electron chi connectivity index (χ3n) is 3.03. The zero-order chi connectivity index (χ0) is 14.0. The van der Waals surface area contributed by atoms with Crippen molar-refractivity contribution < 1.29 is 0 Å². The van der Waals surface area contributed by atoms with E-state index in [4.69, 9.17) is 10.5 Å². The van der Waals surface area contributed by atoms with Gasteiger partial charge in [-0.2, -0.15) is 10.5 Å². The molecule has 0 unspecified atom stereocenters. The van der Waals surface area contributed by atoms with E-state index in [1.165, 1.54) is 44.9 Å². The Balaban J connectivity index is 2.92. The van der Waals surface area contributed by atoms with Gasteiger partial charge in [0.2, 0.25) is 0 Å². The molecule has 0 bridgehead atoms. The van der Waals surface area contributed by atoms with Gasteiger partial charge in [-0.3, -0.25) is 0 Å². The molecule has 0 spiro atoms. The van der Waals surface area contributed by atoms with Crippen molar-refractivity contribution in [2.45, 2.75) is 57.8 Å². The molecule has 2 N–H and O–H groups in total. The first-order valence-electron chi connectivity index (χ1n) is 7.57. The second kappa shape index (κ2) is 16.9. The quantitative estimate of drug-likeness (QED) is 0.473. The van der Waals surface area contributed by atoms with Gasteiger partial charge in [-0.15, -0.1) is 0 Å². The van der Waals surface area contributed by atoms with Gasteiger partial charge in [0.1, 0.15) is 0 Å². The molecule has 108 valence electrons. The molecule has 0 amide bonds. The van der Waals surface area contributed by atoms with Crippen LogP contribution in [-0.2, 0) is 0 Å². The molecule has 19 heavy (non-hydrogen) atoms. The van der Waals surface area contributed by atoms with Crippen molar-refractivity contribution in [1.82, 2.24) is 10.6 Å². The molecular weight excluding hydrogens is 236 g/mol. The lowest BCUT2D eigenvalue weighted by Crippen LogP contribution is -2.16. The number of unbranched alkanes of at least 4 members (excludes halogenated alkanes) is 6. The maximum atomic E-state index is 8.36. The molecule has 0 aliphatic carbocycles. The Kier molecular flexibility index (Phi) is 15.9. The van der Waals surface area contributed by atoms with Gasteiger partial charge in [0.05, 0.1) is 12.1 Å². The molecule has 0 aliphatic rings. The van der Waals surface area contributed by atoms with E-state index >= 15 is 0 Å². The van der Waals surface area contributed by atoms with E-state index in [2.05, 4.69) is 22.8 Å². The van der Waals surface area contributed by atoms with Crippen LogP contribution in [0, 0.1) is 22.7 Å². The van der Waals surface area contributed by atoms with Gasteiger partial charge in [0, 0.05) is 25.9 Å². The minimum absolute atomic E-state index is 0.613. The summed E-state index contributed by atoms with van der Waals surface area (Å²) in [5.74, 6) is 0. The van der Waals surface area contributed by atoms with Crippen molar-refractivity contribution in [2.75, 3.05) is 26.2 Å². The van der Waals surface area contributed by atoms with Gasteiger partial charge in [0.15, 0.2) is 0 Å². The number of hydrogen-bond acceptors (Lipinski definition) is 4. The Morgan fingerprint density at radius 1 is 0.526 bits per heavy atom. The molecule has 0 saturated heterocycles. The lowest BCUT2D eigenvalue weighted by atomic mass is 10.1. The fourth-order valence-corrected chi connectivity index (χ4v) is 1.92. The number of nitriles is 2. The third-order valence-corrected chi connectivity index (χ3v) is 3.03. The predicted molar refractivity (Wildman–Crippen MR) is 78.5 cm³/mol. The SMILES string of the molecule is N#CCCNCCCCCCCCCNCCC#N. The van der Waals surface area contributed by atoms with Gasteiger partial charge in [-0.25, -0.2) is 0 Å². The smallest absolute Gasteiger partial charge is 0.0635 e. The van der Waals surface area contributed by atoms with E-state index in [1.807, 2.05) is 0 Å². The van der Waals surface area contributed by atoms with Crippen LogP contribution >= 0.6 is 0 Å². The van der Waals surface area contributed by atoms with Crippen molar-refractivity contribution >= 4 is 0 Å². The lowest BCUT2D eigenvalue weighted by molar-refractivity contribution is 0.547. The largest absolute Gasteiger partial charge is 0.316 e. The fraction of sp³-hybridized carbons (Fsp3) is 0.867. The maximum absolute atomic E-state index is 8.36. The molecule has 0 heterocycles. The maximum Gasteiger partial charge on any atom is 0.0635 e. The summed E-state index contributed by atoms with van der Waals surface area (Å²) < 4.78 is 0. The van der Waals surface area contributed by atoms with Gasteiger partial charge in [-0.05, 0) is 25.9 Å². The van der Waals surface area contributed by atoms with E-state index in [0.717, 1.165) is 26.2 Å². The molecule has 0 aromatic heterocycles. The molecule has 0 fully saturated rings. The summed E-state index contributed by atoms with van der Waals surface area (Å²) in [5, 5.41) is 23.3. The standard InChI is InChI=1S/C15H28N4/c16-10-8-14-18-12-6-4-2-1-3-5-7-13-19-15-9-11-17/h18-19H,1-9,12-15H2. The Morgan fingerprint density at radius 3 is 1.26 bits per heavy atom. The monoisotopic (exact) mass is 264 g/mol. The summed E-state index contributed by atoms with van der Waals surface area (Å²) in [6.07, 6.45) is 10.2. The summed E-state index contributed by atoms with van der Waals surface area (Å²) in [6, 6.07) is 4.26. The van der Waals surface area contributed by atoms with Gasteiger partial charge < -0.3 is 10.6 Å². The second-order valence-corrected chi connectivity index (χ2v) is 4.79. The van der Waals surface area contributed by atoms with Crippen LogP contribution in [-0.4, -0.2) is 26.2 Å². The van der Waals surface area contributed by atoms with Crippen LogP contribution in [0.4, 0.5) is 0 Å². The highest BCUT2D eigenvalue weighted by Gasteiger charge is 1.92. The van der Waals surface area contributed by atoms with E-state index < -0.39 is 0 Å². The van der Waals surface area contributed by atoms with Crippen molar-refractivity contribution in [3.8, 4) is 12.1 Å². The van der Waals surface area contributed by atoms with Crippen molar-refractivity contribution in [3.05, 3.63) is 0 Å². The minimum atomic E-state index is 0.613. The molecule has 0 aromatic carbocycles. The predicted octanol–water partition coefficient (Wildman–Crippen LogP) is 2.72. The second-order valence-electron chi connectivity index (χ2n) is 4.79. The first kappa shape index (κ1) is 17.9. The summed E-state index contributed by atoms with van der Waals surface area (Å²) in [6.45, 7) is 3.75. The van der Waals surface area contributed by atoms with Crippen LogP contribution in [0.1, 0.15) is 57.8 Å². The van der Waals surface area contributed by atoms with Crippen LogP contribution in [0.3, 0.4) is 0 Å². The van der Waals surface area contributed by atoms with Crippen LogP contribution in [0.25, 0.3) is 0 Å². The summed E-state index contributed by atoms with van der Waals surface area (Å²) in [5.41, 5.74) is 0. The molecule has 0 aliphatic heterocycles. The molecule has 0 rings (SSSR count). The average molecular weight is 264 g/mol. The zero-order valence-electron chi connectivity index (χ0n) is 12.1. The Labute approximate surface area is 118 Å². The molecule has 0 saturated carbocycles. The molecule has 0 atom stereocenters.